The van der Waals surface area contributed by atoms with E-state index in [2.05, 4.69) is 39.1 Å². The fraction of sp³-hybridized carbons (Fsp3) is 0.680. The van der Waals surface area contributed by atoms with Crippen LogP contribution in [0, 0.1) is 0 Å². The van der Waals surface area contributed by atoms with E-state index in [4.69, 9.17) is 5.73 Å². The Hall–Kier alpha value is -2.89. The van der Waals surface area contributed by atoms with Gasteiger partial charge in [0.15, 0.2) is 0 Å². The number of hydrogen-bond donors (Lipinski definition) is 2. The van der Waals surface area contributed by atoms with Gasteiger partial charge in [-0.25, -0.2) is 4.99 Å². The molecule has 2 saturated heterocycles. The predicted molar refractivity (Wildman–Crippen MR) is 139 cm³/mol. The first-order valence-electron chi connectivity index (χ1n) is 13.1. The molecule has 3 N–H and O–H groups in total. The molecular weight excluding hydrogens is 485 g/mol. The normalized spacial score (nSPS) is 19.7. The quantitative estimate of drug-likeness (QED) is 0.276. The lowest BCUT2D eigenvalue weighted by Crippen LogP contribution is -2.39. The first kappa shape index (κ1) is 28.7. The lowest BCUT2D eigenvalue weighted by Gasteiger charge is -2.34. The largest absolute Gasteiger partial charge is 0.421 e. The highest BCUT2D eigenvalue weighted by molar-refractivity contribution is 5.83. The molecule has 0 aromatic carbocycles. The number of nitrogens with two attached hydrogens (primary N) is 1. The molecule has 1 amide bonds. The van der Waals surface area contributed by atoms with Gasteiger partial charge in [-0.2, -0.15) is 18.3 Å². The van der Waals surface area contributed by atoms with Gasteiger partial charge in [0.25, 0.3) is 0 Å². The Labute approximate surface area is 216 Å². The highest BCUT2D eigenvalue weighted by Gasteiger charge is 2.36. The van der Waals surface area contributed by atoms with Crippen LogP contribution in [0.5, 0.6) is 0 Å². The van der Waals surface area contributed by atoms with E-state index >= 15 is 0 Å². The summed E-state index contributed by atoms with van der Waals surface area (Å²) in [5.74, 6) is -0.309. The minimum Gasteiger partial charge on any atom is -0.390 e. The summed E-state index contributed by atoms with van der Waals surface area (Å²) in [7, 11) is 0. The molecule has 2 fully saturated rings. The van der Waals surface area contributed by atoms with E-state index in [1.807, 2.05) is 0 Å². The lowest BCUT2D eigenvalue weighted by atomic mass is 10.0. The van der Waals surface area contributed by atoms with Gasteiger partial charge in [-0.05, 0) is 46.0 Å². The number of carbonyl (C=O) groups excluding carboxylic acids is 1. The van der Waals surface area contributed by atoms with Crippen molar-refractivity contribution in [3.63, 3.8) is 0 Å². The number of nitrogens with zero attached hydrogens (tertiary/aromatic N) is 6. The smallest absolute Gasteiger partial charge is 0.390 e. The number of aromatic nitrogens is 2. The average Bonchev–Trinajstić information content (AvgIpc) is 3.23. The second-order valence-corrected chi connectivity index (χ2v) is 9.81. The monoisotopic (exact) mass is 524 g/mol. The van der Waals surface area contributed by atoms with Crippen LogP contribution in [0.3, 0.4) is 0 Å². The number of allylic oxidation sites excluding steroid dienone is 1. The third-order valence-electron chi connectivity index (χ3n) is 6.87. The van der Waals surface area contributed by atoms with Crippen LogP contribution >= 0.6 is 0 Å². The topological polar surface area (TPSA) is 104 Å². The number of nitrogens with one attached hydrogen (secondary N) is 1. The first-order chi connectivity index (χ1) is 17.7. The molecule has 2 aliphatic rings. The number of hydrogen-bond acceptors (Lipinski definition) is 6. The number of aliphatic imine (C=N–C) groups is 2. The summed E-state index contributed by atoms with van der Waals surface area (Å²) in [6, 6.07) is 0.689. The van der Waals surface area contributed by atoms with Crippen molar-refractivity contribution in [1.82, 2.24) is 24.9 Å². The standard InChI is InChI=1S/C25H39F3N8O/c1-19(2)34-13-8-21(9-14-34)36-17-20(15-33-36)31-16-22(25(26,27)28)24(32-18-29)30-10-6-12-35-11-5-3-4-7-23(35)37/h15-19,21,30H,3-14H2,1-2H3,(H2,29,32)/b24-22+,31-16-. The van der Waals surface area contributed by atoms with Gasteiger partial charge >= 0.3 is 6.18 Å². The van der Waals surface area contributed by atoms with Crippen LogP contribution in [-0.2, 0) is 4.79 Å². The van der Waals surface area contributed by atoms with Gasteiger partial charge in [0.2, 0.25) is 5.91 Å². The van der Waals surface area contributed by atoms with Crippen LogP contribution in [0.15, 0.2) is 33.8 Å². The summed E-state index contributed by atoms with van der Waals surface area (Å²) >= 11 is 0. The van der Waals surface area contributed by atoms with Gasteiger partial charge in [0, 0.05) is 51.4 Å². The summed E-state index contributed by atoms with van der Waals surface area (Å²) < 4.78 is 43.5. The van der Waals surface area contributed by atoms with E-state index in [0.717, 1.165) is 57.7 Å². The summed E-state index contributed by atoms with van der Waals surface area (Å²) in [5.41, 5.74) is 4.65. The van der Waals surface area contributed by atoms with Crippen molar-refractivity contribution in [3.8, 4) is 0 Å². The molecule has 0 aliphatic carbocycles. The van der Waals surface area contributed by atoms with Crippen molar-refractivity contribution >= 4 is 24.1 Å². The Morgan fingerprint density at radius 1 is 1.24 bits per heavy atom. The average molecular weight is 525 g/mol. The molecule has 0 unspecified atom stereocenters. The fourth-order valence-corrected chi connectivity index (χ4v) is 4.71. The summed E-state index contributed by atoms with van der Waals surface area (Å²) in [6.45, 7) is 7.63. The van der Waals surface area contributed by atoms with Crippen LogP contribution < -0.4 is 11.1 Å². The van der Waals surface area contributed by atoms with Gasteiger partial charge in [-0.1, -0.05) is 6.42 Å². The van der Waals surface area contributed by atoms with Gasteiger partial charge in [-0.15, -0.1) is 0 Å². The molecule has 0 saturated carbocycles. The first-order valence-corrected chi connectivity index (χ1v) is 13.1. The number of alkyl halides is 3. The Morgan fingerprint density at radius 2 is 2.00 bits per heavy atom. The summed E-state index contributed by atoms with van der Waals surface area (Å²) in [4.78, 5) is 24.1. The number of rotatable bonds is 10. The molecule has 3 rings (SSSR count). The van der Waals surface area contributed by atoms with E-state index in [0.29, 0.717) is 37.7 Å². The van der Waals surface area contributed by atoms with E-state index in [1.54, 1.807) is 15.8 Å². The molecule has 1 aromatic heterocycles. The lowest BCUT2D eigenvalue weighted by molar-refractivity contribution is -0.130. The van der Waals surface area contributed by atoms with Crippen molar-refractivity contribution in [2.24, 2.45) is 15.7 Å². The molecule has 12 heteroatoms. The van der Waals surface area contributed by atoms with Gasteiger partial charge in [0.05, 0.1) is 24.8 Å². The number of amides is 1. The third-order valence-corrected chi connectivity index (χ3v) is 6.87. The maximum atomic E-state index is 13.9. The van der Waals surface area contributed by atoms with Crippen molar-refractivity contribution in [2.45, 2.75) is 77.1 Å². The second-order valence-electron chi connectivity index (χ2n) is 9.81. The third kappa shape index (κ3) is 8.58. The molecular formula is C25H39F3N8O. The highest BCUT2D eigenvalue weighted by Crippen LogP contribution is 2.28. The molecule has 37 heavy (non-hydrogen) atoms. The molecule has 206 valence electrons. The van der Waals surface area contributed by atoms with Crippen LogP contribution in [0.1, 0.15) is 64.8 Å². The van der Waals surface area contributed by atoms with Crippen LogP contribution in [-0.4, -0.2) is 83.0 Å². The minimum atomic E-state index is -4.70. The van der Waals surface area contributed by atoms with Crippen molar-refractivity contribution < 1.29 is 18.0 Å². The Balaban J connectivity index is 1.65. The van der Waals surface area contributed by atoms with Crippen molar-refractivity contribution in [1.29, 1.82) is 0 Å². The zero-order valence-electron chi connectivity index (χ0n) is 21.8. The van der Waals surface area contributed by atoms with Gasteiger partial charge in [0.1, 0.15) is 17.1 Å². The van der Waals surface area contributed by atoms with Crippen LogP contribution in [0.4, 0.5) is 18.9 Å². The number of likely N-dealkylation sites (tertiary alicyclic amines) is 2. The maximum absolute atomic E-state index is 13.9. The van der Waals surface area contributed by atoms with Crippen LogP contribution in [0.2, 0.25) is 0 Å². The Bertz CT molecular complexity index is 961. The molecule has 9 nitrogen and oxygen atoms in total. The van der Waals surface area contributed by atoms with E-state index in [-0.39, 0.29) is 18.5 Å². The van der Waals surface area contributed by atoms with Crippen molar-refractivity contribution in [3.05, 3.63) is 23.8 Å². The molecule has 1 aromatic rings. The molecule has 0 atom stereocenters. The molecule has 2 aliphatic heterocycles. The second kappa shape index (κ2) is 13.6. The van der Waals surface area contributed by atoms with Gasteiger partial charge < -0.3 is 20.9 Å². The molecule has 0 spiro atoms. The Morgan fingerprint density at radius 3 is 2.68 bits per heavy atom. The molecule has 0 bridgehead atoms. The Kier molecular flexibility index (Phi) is 10.5. The highest BCUT2D eigenvalue weighted by atomic mass is 19.4. The van der Waals surface area contributed by atoms with Crippen LogP contribution in [0.25, 0.3) is 0 Å². The minimum absolute atomic E-state index is 0.0994. The number of piperidine rings is 1. The SMILES string of the molecule is CC(C)N1CCC(n2cc(\N=C/C(=C(\N=C\N)NCCCN3CCCCCC3=O)C(F)(F)F)cn2)CC1. The van der Waals surface area contributed by atoms with E-state index < -0.39 is 17.6 Å². The molecule has 0 radical (unpaired) electrons. The molecule has 3 heterocycles. The van der Waals surface area contributed by atoms with Gasteiger partial charge in [-0.3, -0.25) is 14.5 Å². The maximum Gasteiger partial charge on any atom is 0.421 e. The summed E-state index contributed by atoms with van der Waals surface area (Å²) in [5, 5.41) is 7.07. The van der Waals surface area contributed by atoms with E-state index in [9.17, 15) is 18.0 Å². The number of halogens is 3. The van der Waals surface area contributed by atoms with E-state index in [1.165, 1.54) is 6.20 Å². The predicted octanol–water partition coefficient (Wildman–Crippen LogP) is 3.77. The fourth-order valence-electron chi connectivity index (χ4n) is 4.71. The zero-order chi connectivity index (χ0) is 26.8. The summed E-state index contributed by atoms with van der Waals surface area (Å²) in [6.07, 6.45) is 5.76. The number of carbonyl (C=O) groups is 1. The zero-order valence-corrected chi connectivity index (χ0v) is 21.8. The van der Waals surface area contributed by atoms with Crippen molar-refractivity contribution in [2.75, 3.05) is 32.7 Å².